The molecule has 1 aromatic carbocycles. The maximum absolute atomic E-state index is 12.7. The van der Waals surface area contributed by atoms with Gasteiger partial charge in [-0.15, -0.1) is 0 Å². The number of nitrogens with zero attached hydrogens (tertiary/aromatic N) is 2. The van der Waals surface area contributed by atoms with Crippen LogP contribution < -0.4 is 0 Å². The molecule has 8 nitrogen and oxygen atoms in total. The number of fused-ring (bicyclic) bond motifs is 1. The molecule has 1 aromatic rings. The van der Waals surface area contributed by atoms with Crippen LogP contribution in [-0.2, 0) is 14.3 Å². The molecule has 8 heteroatoms. The number of hydrogen-bond acceptors (Lipinski definition) is 6. The molecule has 1 aliphatic rings. The zero-order valence-electron chi connectivity index (χ0n) is 15.7. The van der Waals surface area contributed by atoms with Crippen LogP contribution >= 0.6 is 0 Å². The van der Waals surface area contributed by atoms with E-state index < -0.39 is 23.3 Å². The van der Waals surface area contributed by atoms with Gasteiger partial charge in [0, 0.05) is 19.5 Å². The molecule has 2 rings (SSSR count). The number of carbonyl (C=O) groups excluding carboxylic acids is 4. The first-order valence-electron chi connectivity index (χ1n) is 8.66. The van der Waals surface area contributed by atoms with Gasteiger partial charge in [-0.1, -0.05) is 12.1 Å². The number of imide groups is 1. The van der Waals surface area contributed by atoms with Crippen LogP contribution in [0.25, 0.3) is 0 Å². The van der Waals surface area contributed by atoms with Crippen LogP contribution in [0.4, 0.5) is 0 Å². The summed E-state index contributed by atoms with van der Waals surface area (Å²) in [6.07, 6.45) is -0.116. The number of amides is 3. The van der Waals surface area contributed by atoms with Crippen LogP contribution in [0, 0.1) is 0 Å². The first-order valence-corrected chi connectivity index (χ1v) is 8.66. The molecule has 0 radical (unpaired) electrons. The van der Waals surface area contributed by atoms with E-state index in [0.717, 1.165) is 4.90 Å². The van der Waals surface area contributed by atoms with Crippen LogP contribution in [0.5, 0.6) is 0 Å². The van der Waals surface area contributed by atoms with Gasteiger partial charge in [-0.05, 0) is 26.0 Å². The Morgan fingerprint density at radius 1 is 1.11 bits per heavy atom. The fourth-order valence-corrected chi connectivity index (χ4v) is 2.94. The molecule has 1 heterocycles. The second-order valence-electron chi connectivity index (χ2n) is 6.90. The smallest absolute Gasteiger partial charge is 0.307 e. The maximum Gasteiger partial charge on any atom is 0.307 e. The Morgan fingerprint density at radius 2 is 1.67 bits per heavy atom. The normalized spacial score (nSPS) is 13.6. The van der Waals surface area contributed by atoms with E-state index in [0.29, 0.717) is 11.1 Å². The van der Waals surface area contributed by atoms with E-state index in [1.54, 1.807) is 38.1 Å². The van der Waals surface area contributed by atoms with Gasteiger partial charge in [0.2, 0.25) is 5.91 Å². The van der Waals surface area contributed by atoms with Gasteiger partial charge in [0.25, 0.3) is 11.8 Å². The average molecular weight is 376 g/mol. The fourth-order valence-electron chi connectivity index (χ4n) is 2.94. The molecule has 3 amide bonds. The number of benzene rings is 1. The quantitative estimate of drug-likeness (QED) is 0.532. The number of hydrogen-bond donors (Lipinski definition) is 1. The Hall–Kier alpha value is -2.74. The summed E-state index contributed by atoms with van der Waals surface area (Å²) < 4.78 is 4.59. The minimum Gasteiger partial charge on any atom is -0.469 e. The van der Waals surface area contributed by atoms with E-state index in [1.807, 2.05) is 0 Å². The number of ether oxygens (including phenoxy) is 1. The van der Waals surface area contributed by atoms with Gasteiger partial charge in [-0.2, -0.15) is 0 Å². The van der Waals surface area contributed by atoms with Crippen LogP contribution in [0.1, 0.15) is 47.4 Å². The highest BCUT2D eigenvalue weighted by atomic mass is 16.5. The number of rotatable bonds is 8. The van der Waals surface area contributed by atoms with Crippen LogP contribution in [0.2, 0.25) is 0 Å². The fraction of sp³-hybridized carbons (Fsp3) is 0.474. The molecule has 0 aliphatic carbocycles. The second kappa shape index (κ2) is 8.30. The largest absolute Gasteiger partial charge is 0.469 e. The molecule has 1 N–H and O–H groups in total. The van der Waals surface area contributed by atoms with Crippen molar-refractivity contribution in [1.82, 2.24) is 9.80 Å². The van der Waals surface area contributed by atoms with Gasteiger partial charge in [0.15, 0.2) is 0 Å². The first kappa shape index (κ1) is 20.6. The molecule has 1 aliphatic heterocycles. The Bertz CT molecular complexity index is 723. The Balaban J connectivity index is 2.06. The highest BCUT2D eigenvalue weighted by Crippen LogP contribution is 2.23. The Kier molecular flexibility index (Phi) is 6.32. The molecular formula is C19H24N2O6. The number of aliphatic hydroxyl groups is 1. The number of methoxy groups -OCH3 is 1. The molecule has 0 saturated carbocycles. The maximum atomic E-state index is 12.7. The summed E-state index contributed by atoms with van der Waals surface area (Å²) in [4.78, 5) is 51.3. The third kappa shape index (κ3) is 4.33. The van der Waals surface area contributed by atoms with Crippen molar-refractivity contribution in [2.75, 3.05) is 26.8 Å². The molecular weight excluding hydrogens is 352 g/mol. The zero-order chi connectivity index (χ0) is 20.2. The summed E-state index contributed by atoms with van der Waals surface area (Å²) in [7, 11) is 1.26. The van der Waals surface area contributed by atoms with Gasteiger partial charge < -0.3 is 14.7 Å². The van der Waals surface area contributed by atoms with Crippen molar-refractivity contribution in [2.24, 2.45) is 0 Å². The van der Waals surface area contributed by atoms with E-state index in [4.69, 9.17) is 0 Å². The van der Waals surface area contributed by atoms with Crippen molar-refractivity contribution in [3.63, 3.8) is 0 Å². The molecule has 0 fully saturated rings. The van der Waals surface area contributed by atoms with E-state index in [-0.39, 0.29) is 38.4 Å². The predicted molar refractivity (Wildman–Crippen MR) is 95.9 cm³/mol. The standard InChI is InChI=1S/C19H24N2O6/c1-19(2,12-22)21(11-9-16(24)27-3)15(23)8-10-20-17(25)13-6-4-5-7-14(13)18(20)26/h4-7,22H,8-12H2,1-3H3. The Labute approximate surface area is 157 Å². The van der Waals surface area contributed by atoms with Gasteiger partial charge >= 0.3 is 5.97 Å². The van der Waals surface area contributed by atoms with Crippen LogP contribution in [-0.4, -0.2) is 70.9 Å². The van der Waals surface area contributed by atoms with Crippen molar-refractivity contribution < 1.29 is 29.0 Å². The third-order valence-electron chi connectivity index (χ3n) is 4.61. The van der Waals surface area contributed by atoms with Crippen molar-refractivity contribution in [1.29, 1.82) is 0 Å². The highest BCUT2D eigenvalue weighted by Gasteiger charge is 2.36. The minimum absolute atomic E-state index is 0.0152. The van der Waals surface area contributed by atoms with E-state index in [9.17, 15) is 24.3 Å². The summed E-state index contributed by atoms with van der Waals surface area (Å²) in [5, 5.41) is 9.59. The lowest BCUT2D eigenvalue weighted by atomic mass is 10.0. The van der Waals surface area contributed by atoms with Crippen LogP contribution in [0.3, 0.4) is 0 Å². The van der Waals surface area contributed by atoms with Crippen LogP contribution in [0.15, 0.2) is 24.3 Å². The van der Waals surface area contributed by atoms with Gasteiger partial charge in [-0.3, -0.25) is 24.1 Å². The monoisotopic (exact) mass is 376 g/mol. The lowest BCUT2D eigenvalue weighted by Crippen LogP contribution is -2.51. The summed E-state index contributed by atoms with van der Waals surface area (Å²) in [6.45, 7) is 3.05. The van der Waals surface area contributed by atoms with Crippen molar-refractivity contribution in [3.05, 3.63) is 35.4 Å². The minimum atomic E-state index is -0.896. The molecule has 0 spiro atoms. The first-order chi connectivity index (χ1) is 12.7. The SMILES string of the molecule is COC(=O)CCN(C(=O)CCN1C(=O)c2ccccc2C1=O)C(C)(C)CO. The summed E-state index contributed by atoms with van der Waals surface area (Å²) in [6, 6.07) is 6.51. The molecule has 0 atom stereocenters. The van der Waals surface area contributed by atoms with Crippen molar-refractivity contribution >= 4 is 23.7 Å². The molecule has 146 valence electrons. The number of carbonyl (C=O) groups is 4. The van der Waals surface area contributed by atoms with E-state index >= 15 is 0 Å². The lowest BCUT2D eigenvalue weighted by Gasteiger charge is -2.37. The lowest BCUT2D eigenvalue weighted by molar-refractivity contribution is -0.144. The topological polar surface area (TPSA) is 104 Å². The summed E-state index contributed by atoms with van der Waals surface area (Å²) >= 11 is 0. The molecule has 0 bridgehead atoms. The molecule has 0 aromatic heterocycles. The Morgan fingerprint density at radius 3 is 2.15 bits per heavy atom. The summed E-state index contributed by atoms with van der Waals surface area (Å²) in [5.41, 5.74) is -0.242. The predicted octanol–water partition coefficient (Wildman–Crippen LogP) is 0.835. The molecule has 0 saturated heterocycles. The van der Waals surface area contributed by atoms with Gasteiger partial charge in [0.1, 0.15) is 0 Å². The van der Waals surface area contributed by atoms with Gasteiger partial charge in [-0.25, -0.2) is 0 Å². The van der Waals surface area contributed by atoms with E-state index in [2.05, 4.69) is 4.74 Å². The summed E-state index contributed by atoms with van der Waals surface area (Å²) in [5.74, 6) is -1.69. The molecule has 27 heavy (non-hydrogen) atoms. The number of esters is 1. The molecule has 0 unspecified atom stereocenters. The zero-order valence-corrected chi connectivity index (χ0v) is 15.7. The average Bonchev–Trinajstić information content (AvgIpc) is 2.90. The van der Waals surface area contributed by atoms with E-state index in [1.165, 1.54) is 12.0 Å². The second-order valence-corrected chi connectivity index (χ2v) is 6.90. The van der Waals surface area contributed by atoms with Crippen molar-refractivity contribution in [3.8, 4) is 0 Å². The van der Waals surface area contributed by atoms with Crippen molar-refractivity contribution in [2.45, 2.75) is 32.2 Å². The third-order valence-corrected chi connectivity index (χ3v) is 4.61. The number of aliphatic hydroxyl groups excluding tert-OH is 1. The highest BCUT2D eigenvalue weighted by molar-refractivity contribution is 6.21. The van der Waals surface area contributed by atoms with Gasteiger partial charge in [0.05, 0.1) is 36.8 Å².